The van der Waals surface area contributed by atoms with Crippen LogP contribution in [0.25, 0.3) is 0 Å². The summed E-state index contributed by atoms with van der Waals surface area (Å²) in [5, 5.41) is 5.81. The predicted molar refractivity (Wildman–Crippen MR) is 79.1 cm³/mol. The van der Waals surface area contributed by atoms with Crippen LogP contribution >= 0.6 is 11.6 Å². The van der Waals surface area contributed by atoms with Crippen LogP contribution in [0.4, 0.5) is 13.2 Å². The Morgan fingerprint density at radius 3 is 2.57 bits per heavy atom. The molecule has 2 aliphatic carbocycles. The van der Waals surface area contributed by atoms with Crippen molar-refractivity contribution in [1.29, 1.82) is 0 Å². The molecule has 0 aliphatic heterocycles. The Kier molecular flexibility index (Phi) is 4.11. The Balaban J connectivity index is 1.74. The highest BCUT2D eigenvalue weighted by atomic mass is 35.5. The Bertz CT molecular complexity index is 628. The third-order valence-electron chi connectivity index (χ3n) is 5.27. The number of rotatable bonds is 3. The van der Waals surface area contributed by atoms with Gasteiger partial charge in [-0.1, -0.05) is 18.0 Å². The van der Waals surface area contributed by atoms with Gasteiger partial charge in [0.15, 0.2) is 11.4 Å². The molecule has 0 unspecified atom stereocenters. The minimum Gasteiger partial charge on any atom is -0.348 e. The van der Waals surface area contributed by atoms with Crippen molar-refractivity contribution in [2.24, 2.45) is 24.8 Å². The van der Waals surface area contributed by atoms with Gasteiger partial charge < -0.3 is 5.32 Å². The van der Waals surface area contributed by atoms with Crippen molar-refractivity contribution in [3.63, 3.8) is 0 Å². The maximum absolute atomic E-state index is 12.9. The Morgan fingerprint density at radius 1 is 1.39 bits per heavy atom. The summed E-state index contributed by atoms with van der Waals surface area (Å²) in [6.45, 7) is 1.91. The van der Waals surface area contributed by atoms with Gasteiger partial charge in [-0.3, -0.25) is 9.48 Å². The highest BCUT2D eigenvalue weighted by molar-refractivity contribution is 6.34. The molecule has 4 nitrogen and oxygen atoms in total. The number of halogens is 4. The van der Waals surface area contributed by atoms with Crippen molar-refractivity contribution < 1.29 is 18.0 Å². The third-order valence-corrected chi connectivity index (χ3v) is 5.62. The Hall–Kier alpha value is -1.24. The number of carbonyl (C=O) groups excluding carboxylic acids is 1. The quantitative estimate of drug-likeness (QED) is 0.905. The standard InChI is InChI=1S/C15H19ClF3N3O/c1-7(10-6-8-3-4-9(10)5-8)20-14(23)12-11(16)13(15(17,18)19)22(2)21-12/h7-10H,3-6H2,1-2H3,(H,20,23)/t7-,8+,9+,10-/m0/s1. The smallest absolute Gasteiger partial charge is 0.348 e. The molecule has 1 N–H and O–H groups in total. The molecule has 128 valence electrons. The van der Waals surface area contributed by atoms with E-state index in [1.54, 1.807) is 0 Å². The first-order valence-corrected chi connectivity index (χ1v) is 8.16. The fourth-order valence-electron chi connectivity index (χ4n) is 4.24. The number of nitrogens with zero attached hydrogens (tertiary/aromatic N) is 2. The van der Waals surface area contributed by atoms with Gasteiger partial charge in [-0.2, -0.15) is 18.3 Å². The minimum absolute atomic E-state index is 0.0924. The van der Waals surface area contributed by atoms with Gasteiger partial charge >= 0.3 is 6.18 Å². The molecule has 1 aromatic rings. The van der Waals surface area contributed by atoms with Crippen LogP contribution in [0.2, 0.25) is 5.02 Å². The van der Waals surface area contributed by atoms with Crippen LogP contribution in [-0.4, -0.2) is 21.7 Å². The lowest BCUT2D eigenvalue weighted by Crippen LogP contribution is -2.40. The molecular weight excluding hydrogens is 331 g/mol. The first-order valence-electron chi connectivity index (χ1n) is 7.79. The molecule has 2 saturated carbocycles. The van der Waals surface area contributed by atoms with Gasteiger partial charge in [0, 0.05) is 13.1 Å². The normalized spacial score (nSPS) is 28.2. The van der Waals surface area contributed by atoms with E-state index < -0.39 is 22.8 Å². The van der Waals surface area contributed by atoms with Crippen LogP contribution < -0.4 is 5.32 Å². The average Bonchev–Trinajstić information content (AvgIpc) is 3.11. The zero-order valence-corrected chi connectivity index (χ0v) is 13.7. The summed E-state index contributed by atoms with van der Waals surface area (Å²) in [6.07, 6.45) is 0.0673. The maximum Gasteiger partial charge on any atom is 0.434 e. The van der Waals surface area contributed by atoms with Crippen LogP contribution in [-0.2, 0) is 13.2 Å². The summed E-state index contributed by atoms with van der Waals surface area (Å²) < 4.78 is 39.4. The third kappa shape index (κ3) is 2.95. The zero-order chi connectivity index (χ0) is 16.9. The molecule has 23 heavy (non-hydrogen) atoms. The fraction of sp³-hybridized carbons (Fsp3) is 0.733. The molecule has 2 aliphatic rings. The molecule has 1 heterocycles. The molecule has 2 fully saturated rings. The van der Waals surface area contributed by atoms with E-state index in [0.29, 0.717) is 16.5 Å². The van der Waals surface area contributed by atoms with Gasteiger partial charge in [-0.15, -0.1) is 0 Å². The number of amides is 1. The van der Waals surface area contributed by atoms with Crippen molar-refractivity contribution >= 4 is 17.5 Å². The number of aromatic nitrogens is 2. The molecule has 0 saturated heterocycles. The van der Waals surface area contributed by atoms with Gasteiger partial charge in [0.25, 0.3) is 5.91 Å². The summed E-state index contributed by atoms with van der Waals surface area (Å²) in [5.74, 6) is 1.10. The molecule has 4 atom stereocenters. The first-order chi connectivity index (χ1) is 10.7. The highest BCUT2D eigenvalue weighted by Crippen LogP contribution is 2.49. The fourth-order valence-corrected chi connectivity index (χ4v) is 4.59. The van der Waals surface area contributed by atoms with E-state index in [9.17, 15) is 18.0 Å². The van der Waals surface area contributed by atoms with Crippen LogP contribution in [0.1, 0.15) is 48.8 Å². The van der Waals surface area contributed by atoms with E-state index in [-0.39, 0.29) is 11.7 Å². The second-order valence-corrected chi connectivity index (χ2v) is 7.11. The van der Waals surface area contributed by atoms with Crippen molar-refractivity contribution in [3.05, 3.63) is 16.4 Å². The second kappa shape index (κ2) is 5.69. The lowest BCUT2D eigenvalue weighted by Gasteiger charge is -2.28. The summed E-state index contributed by atoms with van der Waals surface area (Å²) >= 11 is 5.75. The van der Waals surface area contributed by atoms with Gasteiger partial charge in [0.1, 0.15) is 5.02 Å². The molecule has 3 rings (SSSR count). The maximum atomic E-state index is 12.9. The average molecular weight is 350 g/mol. The number of hydrogen-bond acceptors (Lipinski definition) is 2. The first kappa shape index (κ1) is 16.6. The molecule has 1 amide bonds. The molecule has 1 aromatic heterocycles. The molecule has 0 aromatic carbocycles. The molecule has 0 spiro atoms. The molecular formula is C15H19ClF3N3O. The van der Waals surface area contributed by atoms with E-state index in [2.05, 4.69) is 10.4 Å². The summed E-state index contributed by atoms with van der Waals surface area (Å²) in [6, 6.07) is -0.0924. The SMILES string of the molecule is C[C@H](NC(=O)c1nn(C)c(C(F)(F)F)c1Cl)[C@@H]1C[C@@H]2CC[C@@H]1C2. The monoisotopic (exact) mass is 349 g/mol. The van der Waals surface area contributed by atoms with Crippen LogP contribution in [0.15, 0.2) is 0 Å². The van der Waals surface area contributed by atoms with Crippen molar-refractivity contribution in [1.82, 2.24) is 15.1 Å². The lowest BCUT2D eigenvalue weighted by molar-refractivity contribution is -0.143. The van der Waals surface area contributed by atoms with E-state index in [1.165, 1.54) is 19.3 Å². The Morgan fingerprint density at radius 2 is 2.09 bits per heavy atom. The van der Waals surface area contributed by atoms with Gasteiger partial charge in [-0.25, -0.2) is 0 Å². The van der Waals surface area contributed by atoms with Crippen molar-refractivity contribution in [2.75, 3.05) is 0 Å². The number of aryl methyl sites for hydroxylation is 1. The number of fused-ring (bicyclic) bond motifs is 2. The van der Waals surface area contributed by atoms with Gasteiger partial charge in [0.2, 0.25) is 0 Å². The van der Waals surface area contributed by atoms with E-state index in [1.807, 2.05) is 6.92 Å². The predicted octanol–water partition coefficient (Wildman–Crippen LogP) is 3.65. The van der Waals surface area contributed by atoms with Gasteiger partial charge in [-0.05, 0) is 43.9 Å². The number of hydrogen-bond donors (Lipinski definition) is 1. The number of alkyl halides is 3. The zero-order valence-electron chi connectivity index (χ0n) is 13.0. The molecule has 8 heteroatoms. The highest BCUT2D eigenvalue weighted by Gasteiger charge is 2.43. The summed E-state index contributed by atoms with van der Waals surface area (Å²) in [4.78, 5) is 12.3. The van der Waals surface area contributed by atoms with Crippen LogP contribution in [0, 0.1) is 17.8 Å². The van der Waals surface area contributed by atoms with E-state index >= 15 is 0 Å². The van der Waals surface area contributed by atoms with Crippen LogP contribution in [0.3, 0.4) is 0 Å². The topological polar surface area (TPSA) is 46.9 Å². The van der Waals surface area contributed by atoms with E-state index in [0.717, 1.165) is 19.4 Å². The van der Waals surface area contributed by atoms with E-state index in [4.69, 9.17) is 11.6 Å². The van der Waals surface area contributed by atoms with Crippen molar-refractivity contribution in [3.8, 4) is 0 Å². The summed E-state index contributed by atoms with van der Waals surface area (Å²) in [5.41, 5.74) is -1.46. The van der Waals surface area contributed by atoms with Crippen molar-refractivity contribution in [2.45, 2.75) is 44.8 Å². The minimum atomic E-state index is -4.65. The lowest BCUT2D eigenvalue weighted by atomic mass is 9.84. The van der Waals surface area contributed by atoms with Gasteiger partial charge in [0.05, 0.1) is 0 Å². The molecule has 0 radical (unpaired) electrons. The van der Waals surface area contributed by atoms with Crippen LogP contribution in [0.5, 0.6) is 0 Å². The largest absolute Gasteiger partial charge is 0.434 e. The second-order valence-electron chi connectivity index (χ2n) is 6.73. The Labute approximate surface area is 137 Å². The summed E-state index contributed by atoms with van der Waals surface area (Å²) in [7, 11) is 1.13. The number of carbonyl (C=O) groups is 1. The molecule has 2 bridgehead atoms. The number of nitrogens with one attached hydrogen (secondary N) is 1.